The van der Waals surface area contributed by atoms with Gasteiger partial charge in [0.2, 0.25) is 0 Å². The van der Waals surface area contributed by atoms with Crippen LogP contribution in [-0.2, 0) is 0 Å². The zero-order valence-corrected chi connectivity index (χ0v) is 13.2. The molecule has 1 aliphatic heterocycles. The second kappa shape index (κ2) is 6.00. The largest absolute Gasteiger partial charge is 0.386 e. The average Bonchev–Trinajstić information content (AvgIpc) is 3.10. The van der Waals surface area contributed by atoms with Crippen LogP contribution in [0.5, 0.6) is 0 Å². The third-order valence-corrected chi connectivity index (χ3v) is 4.14. The van der Waals surface area contributed by atoms with Gasteiger partial charge in [0.25, 0.3) is 5.91 Å². The summed E-state index contributed by atoms with van der Waals surface area (Å²) < 4.78 is 5.00. The number of nitrogens with zero attached hydrogens (tertiary/aromatic N) is 3. The van der Waals surface area contributed by atoms with Gasteiger partial charge in [-0.15, -0.1) is 0 Å². The first kappa shape index (κ1) is 15.5. The van der Waals surface area contributed by atoms with Crippen molar-refractivity contribution in [2.24, 2.45) is 0 Å². The lowest BCUT2D eigenvalue weighted by Crippen LogP contribution is -2.45. The molecule has 1 atom stereocenters. The molecule has 2 aromatic heterocycles. The fourth-order valence-corrected chi connectivity index (χ4v) is 2.88. The maximum atomic E-state index is 12.2. The molecule has 3 heterocycles. The molecule has 0 bridgehead atoms. The van der Waals surface area contributed by atoms with E-state index in [1.807, 2.05) is 23.1 Å². The van der Waals surface area contributed by atoms with E-state index in [4.69, 9.17) is 4.52 Å². The van der Waals surface area contributed by atoms with Crippen molar-refractivity contribution < 1.29 is 14.4 Å². The van der Waals surface area contributed by atoms with Crippen molar-refractivity contribution >= 4 is 11.7 Å². The first-order valence-corrected chi connectivity index (χ1v) is 7.58. The summed E-state index contributed by atoms with van der Waals surface area (Å²) in [7, 11) is 0. The number of carbonyl (C=O) groups is 1. The molecule has 122 valence electrons. The molecule has 2 N–H and O–H groups in total. The molecular formula is C16H20N4O3. The number of pyridine rings is 1. The van der Waals surface area contributed by atoms with Crippen molar-refractivity contribution in [3.8, 4) is 0 Å². The summed E-state index contributed by atoms with van der Waals surface area (Å²) in [5.41, 5.74) is 0.0216. The second-order valence-corrected chi connectivity index (χ2v) is 5.97. The highest BCUT2D eigenvalue weighted by molar-refractivity contribution is 5.96. The zero-order chi connectivity index (χ0) is 16.4. The molecule has 2 aromatic rings. The molecule has 7 heteroatoms. The van der Waals surface area contributed by atoms with E-state index < -0.39 is 5.60 Å². The first-order valence-electron chi connectivity index (χ1n) is 7.58. The SMILES string of the molecule is Cc1noc(C)c1C(=O)NCC1(O)CCN(c2ccccn2)C1. The smallest absolute Gasteiger partial charge is 0.256 e. The number of amides is 1. The Balaban J connectivity index is 1.61. The fraction of sp³-hybridized carbons (Fsp3) is 0.438. The van der Waals surface area contributed by atoms with E-state index in [0.29, 0.717) is 36.5 Å². The summed E-state index contributed by atoms with van der Waals surface area (Å²) in [6.45, 7) is 4.74. The predicted molar refractivity (Wildman–Crippen MR) is 84.3 cm³/mol. The van der Waals surface area contributed by atoms with Crippen LogP contribution in [0.15, 0.2) is 28.9 Å². The molecule has 0 saturated carbocycles. The minimum Gasteiger partial charge on any atom is -0.386 e. The lowest BCUT2D eigenvalue weighted by atomic mass is 10.0. The van der Waals surface area contributed by atoms with Gasteiger partial charge >= 0.3 is 0 Å². The molecule has 1 fully saturated rings. The highest BCUT2D eigenvalue weighted by Gasteiger charge is 2.37. The summed E-state index contributed by atoms with van der Waals surface area (Å²) in [6, 6.07) is 5.68. The van der Waals surface area contributed by atoms with Crippen LogP contribution in [0.2, 0.25) is 0 Å². The number of anilines is 1. The molecule has 0 aromatic carbocycles. The number of nitrogens with one attached hydrogen (secondary N) is 1. The van der Waals surface area contributed by atoms with Gasteiger partial charge in [0, 0.05) is 25.8 Å². The van der Waals surface area contributed by atoms with Gasteiger partial charge in [0.15, 0.2) is 0 Å². The average molecular weight is 316 g/mol. The number of carbonyl (C=O) groups excluding carboxylic acids is 1. The third kappa shape index (κ3) is 3.19. The van der Waals surface area contributed by atoms with Crippen molar-refractivity contribution in [3.63, 3.8) is 0 Å². The third-order valence-electron chi connectivity index (χ3n) is 4.14. The molecule has 23 heavy (non-hydrogen) atoms. The Kier molecular flexibility index (Phi) is 4.04. The van der Waals surface area contributed by atoms with Gasteiger partial charge in [0.05, 0.1) is 5.69 Å². The van der Waals surface area contributed by atoms with Crippen LogP contribution in [0.4, 0.5) is 5.82 Å². The Morgan fingerprint density at radius 2 is 2.30 bits per heavy atom. The van der Waals surface area contributed by atoms with E-state index in [-0.39, 0.29) is 12.5 Å². The number of hydrogen-bond donors (Lipinski definition) is 2. The quantitative estimate of drug-likeness (QED) is 0.876. The minimum absolute atomic E-state index is 0.180. The summed E-state index contributed by atoms with van der Waals surface area (Å²) in [5, 5.41) is 17.2. The van der Waals surface area contributed by atoms with Gasteiger partial charge in [-0.05, 0) is 32.4 Å². The molecule has 1 aliphatic rings. The molecular weight excluding hydrogens is 296 g/mol. The van der Waals surface area contributed by atoms with Crippen molar-refractivity contribution in [2.45, 2.75) is 25.9 Å². The van der Waals surface area contributed by atoms with Crippen molar-refractivity contribution in [1.29, 1.82) is 0 Å². The number of hydrogen-bond acceptors (Lipinski definition) is 6. The van der Waals surface area contributed by atoms with E-state index in [1.165, 1.54) is 0 Å². The lowest BCUT2D eigenvalue weighted by Gasteiger charge is -2.24. The molecule has 0 spiro atoms. The number of β-amino-alcohol motifs (C(OH)–C–C–N with tert-alkyl or cyclic N) is 1. The normalized spacial score (nSPS) is 20.7. The van der Waals surface area contributed by atoms with E-state index in [0.717, 1.165) is 5.82 Å². The molecule has 1 amide bonds. The highest BCUT2D eigenvalue weighted by Crippen LogP contribution is 2.25. The van der Waals surface area contributed by atoms with E-state index in [9.17, 15) is 9.90 Å². The maximum Gasteiger partial charge on any atom is 0.256 e. The van der Waals surface area contributed by atoms with Crippen LogP contribution in [0.1, 0.15) is 28.2 Å². The van der Waals surface area contributed by atoms with Gasteiger partial charge in [-0.2, -0.15) is 0 Å². The number of aromatic nitrogens is 2. The molecule has 1 unspecified atom stereocenters. The summed E-state index contributed by atoms with van der Waals surface area (Å²) in [6.07, 6.45) is 2.30. The number of rotatable bonds is 4. The molecule has 1 saturated heterocycles. The van der Waals surface area contributed by atoms with Gasteiger partial charge in [-0.3, -0.25) is 4.79 Å². The molecule has 7 nitrogen and oxygen atoms in total. The predicted octanol–water partition coefficient (Wildman–Crippen LogP) is 1.06. The standard InChI is InChI=1S/C16H20N4O3/c1-11-14(12(2)23-19-11)15(21)18-9-16(22)6-8-20(10-16)13-5-3-4-7-17-13/h3-5,7,22H,6,8-10H2,1-2H3,(H,18,21). The maximum absolute atomic E-state index is 12.2. The Morgan fingerprint density at radius 3 is 2.96 bits per heavy atom. The summed E-state index contributed by atoms with van der Waals surface area (Å²) in [5.74, 6) is 1.04. The molecule has 0 aliphatic carbocycles. The molecule has 0 radical (unpaired) electrons. The van der Waals surface area contributed by atoms with Crippen LogP contribution in [-0.4, -0.2) is 46.4 Å². The summed E-state index contributed by atoms with van der Waals surface area (Å²) in [4.78, 5) is 18.6. The van der Waals surface area contributed by atoms with E-state index in [1.54, 1.807) is 20.0 Å². The van der Waals surface area contributed by atoms with Gasteiger partial charge in [-0.25, -0.2) is 4.98 Å². The lowest BCUT2D eigenvalue weighted by molar-refractivity contribution is 0.0575. The van der Waals surface area contributed by atoms with Crippen molar-refractivity contribution in [3.05, 3.63) is 41.4 Å². The Morgan fingerprint density at radius 1 is 1.48 bits per heavy atom. The Bertz CT molecular complexity index is 681. The van der Waals surface area contributed by atoms with Crippen LogP contribution in [0.25, 0.3) is 0 Å². The number of aliphatic hydroxyl groups is 1. The topological polar surface area (TPSA) is 91.5 Å². The van der Waals surface area contributed by atoms with Crippen molar-refractivity contribution in [1.82, 2.24) is 15.5 Å². The molecule has 3 rings (SSSR count). The van der Waals surface area contributed by atoms with E-state index in [2.05, 4.69) is 15.5 Å². The van der Waals surface area contributed by atoms with Crippen molar-refractivity contribution in [2.75, 3.05) is 24.5 Å². The highest BCUT2D eigenvalue weighted by atomic mass is 16.5. The monoisotopic (exact) mass is 316 g/mol. The fourth-order valence-electron chi connectivity index (χ4n) is 2.88. The van der Waals surface area contributed by atoms with E-state index >= 15 is 0 Å². The second-order valence-electron chi connectivity index (χ2n) is 5.97. The van der Waals surface area contributed by atoms with Crippen LogP contribution in [0.3, 0.4) is 0 Å². The van der Waals surface area contributed by atoms with Gasteiger partial charge in [0.1, 0.15) is 22.7 Å². The van der Waals surface area contributed by atoms with Crippen LogP contribution >= 0.6 is 0 Å². The Hall–Kier alpha value is -2.41. The first-order chi connectivity index (χ1) is 11.0. The Labute approximate surface area is 134 Å². The minimum atomic E-state index is -0.966. The van der Waals surface area contributed by atoms with Crippen LogP contribution in [0, 0.1) is 13.8 Å². The van der Waals surface area contributed by atoms with Gasteiger partial charge < -0.3 is 19.8 Å². The van der Waals surface area contributed by atoms with Crippen LogP contribution < -0.4 is 10.2 Å². The zero-order valence-electron chi connectivity index (χ0n) is 13.2. The number of aryl methyl sites for hydroxylation is 2. The van der Waals surface area contributed by atoms with Gasteiger partial charge in [-0.1, -0.05) is 11.2 Å². The summed E-state index contributed by atoms with van der Waals surface area (Å²) >= 11 is 0.